The van der Waals surface area contributed by atoms with E-state index in [9.17, 15) is 4.79 Å². The molecule has 4 heteroatoms. The van der Waals surface area contributed by atoms with E-state index >= 15 is 0 Å². The molecule has 1 heterocycles. The van der Waals surface area contributed by atoms with Crippen molar-refractivity contribution in [1.82, 2.24) is 9.97 Å². The first-order valence-electron chi connectivity index (χ1n) is 15.4. The molecule has 2 aromatic carbocycles. The zero-order valence-electron chi connectivity index (χ0n) is 23.9. The maximum Gasteiger partial charge on any atom is 0.311 e. The number of esters is 1. The van der Waals surface area contributed by atoms with E-state index in [4.69, 9.17) is 4.74 Å². The van der Waals surface area contributed by atoms with Crippen molar-refractivity contribution in [2.45, 2.75) is 110 Å². The first-order chi connectivity index (χ1) is 19.2. The largest absolute Gasteiger partial charge is 0.427 e. The molecule has 0 saturated heterocycles. The number of unbranched alkanes of at least 4 members (excludes halogenated alkanes) is 7. The Kier molecular flexibility index (Phi) is 12.0. The third kappa shape index (κ3) is 9.91. The Hall–Kier alpha value is -3.01. The van der Waals surface area contributed by atoms with E-state index in [1.165, 1.54) is 82.6 Å². The van der Waals surface area contributed by atoms with E-state index < -0.39 is 0 Å². The molecule has 3 aromatic rings. The Morgan fingerprint density at radius 3 is 2.03 bits per heavy atom. The summed E-state index contributed by atoms with van der Waals surface area (Å²) in [5.41, 5.74) is 4.41. The lowest BCUT2D eigenvalue weighted by Crippen LogP contribution is -2.07. The van der Waals surface area contributed by atoms with Crippen LogP contribution in [0.25, 0.3) is 22.5 Å². The molecule has 4 rings (SSSR count). The quantitative estimate of drug-likeness (QED) is 0.106. The lowest BCUT2D eigenvalue weighted by molar-refractivity contribution is -0.134. The van der Waals surface area contributed by atoms with E-state index in [1.807, 2.05) is 36.7 Å². The fourth-order valence-electron chi connectivity index (χ4n) is 5.63. The molecule has 1 aromatic heterocycles. The second-order valence-corrected chi connectivity index (χ2v) is 11.3. The van der Waals surface area contributed by atoms with Crippen LogP contribution in [-0.2, 0) is 11.2 Å². The highest BCUT2D eigenvalue weighted by Gasteiger charge is 2.14. The number of benzene rings is 2. The van der Waals surface area contributed by atoms with Gasteiger partial charge in [-0.05, 0) is 54.0 Å². The Balaban J connectivity index is 1.16. The molecule has 1 aliphatic carbocycles. The van der Waals surface area contributed by atoms with Crippen LogP contribution in [0.15, 0.2) is 60.9 Å². The molecular formula is C35H46N2O2. The smallest absolute Gasteiger partial charge is 0.311 e. The number of ether oxygens (including phenoxy) is 1. The van der Waals surface area contributed by atoms with E-state index in [0.29, 0.717) is 12.2 Å². The third-order valence-electron chi connectivity index (χ3n) is 8.05. The summed E-state index contributed by atoms with van der Waals surface area (Å²) in [4.78, 5) is 21.4. The molecule has 39 heavy (non-hydrogen) atoms. The number of hydrogen-bond acceptors (Lipinski definition) is 4. The van der Waals surface area contributed by atoms with Gasteiger partial charge in [0.15, 0.2) is 5.82 Å². The van der Waals surface area contributed by atoms with Crippen molar-refractivity contribution in [2.75, 3.05) is 0 Å². The van der Waals surface area contributed by atoms with Gasteiger partial charge in [0.1, 0.15) is 5.75 Å². The maximum absolute atomic E-state index is 12.3. The Labute approximate surface area is 235 Å². The number of carbonyl (C=O) groups is 1. The average molecular weight is 527 g/mol. The van der Waals surface area contributed by atoms with Crippen molar-refractivity contribution >= 4 is 5.97 Å². The van der Waals surface area contributed by atoms with E-state index in [0.717, 1.165) is 47.7 Å². The van der Waals surface area contributed by atoms with Gasteiger partial charge in [-0.25, -0.2) is 9.97 Å². The van der Waals surface area contributed by atoms with Crippen LogP contribution in [0.2, 0.25) is 0 Å². The first kappa shape index (κ1) is 29.0. The highest BCUT2D eigenvalue weighted by Crippen LogP contribution is 2.29. The van der Waals surface area contributed by atoms with Gasteiger partial charge in [-0.2, -0.15) is 0 Å². The molecule has 208 valence electrons. The normalized spacial score (nSPS) is 13.6. The Bertz CT molecular complexity index is 1100. The topological polar surface area (TPSA) is 52.1 Å². The third-order valence-corrected chi connectivity index (χ3v) is 8.05. The fraction of sp³-hybridized carbons (Fsp3) is 0.514. The van der Waals surface area contributed by atoms with Crippen LogP contribution in [0.1, 0.15) is 109 Å². The monoisotopic (exact) mass is 526 g/mol. The van der Waals surface area contributed by atoms with Gasteiger partial charge >= 0.3 is 5.97 Å². The lowest BCUT2D eigenvalue weighted by atomic mass is 9.99. The van der Waals surface area contributed by atoms with Gasteiger partial charge in [0.25, 0.3) is 0 Å². The molecule has 1 saturated carbocycles. The van der Waals surface area contributed by atoms with Gasteiger partial charge in [-0.3, -0.25) is 4.79 Å². The highest BCUT2D eigenvalue weighted by atomic mass is 16.5. The molecule has 1 aliphatic rings. The standard InChI is InChI=1S/C35H46N2O2/c1-2-3-4-8-16-29-26-36-35(37-27-29)32-20-18-30(19-21-32)31-22-24-33(25-23-31)39-34(38)17-10-7-5-6-9-13-28-14-11-12-15-28/h18-28H,2-17H2,1H3. The van der Waals surface area contributed by atoms with Crippen molar-refractivity contribution in [3.8, 4) is 28.3 Å². The zero-order chi connectivity index (χ0) is 27.1. The van der Waals surface area contributed by atoms with E-state index in [-0.39, 0.29) is 5.97 Å². The molecule has 0 unspecified atom stereocenters. The minimum absolute atomic E-state index is 0.134. The molecule has 1 fully saturated rings. The summed E-state index contributed by atoms with van der Waals surface area (Å²) in [5, 5.41) is 0. The molecule has 0 radical (unpaired) electrons. The molecule has 4 nitrogen and oxygen atoms in total. The van der Waals surface area contributed by atoms with Crippen LogP contribution in [0, 0.1) is 5.92 Å². The predicted molar refractivity (Wildman–Crippen MR) is 161 cm³/mol. The van der Waals surface area contributed by atoms with Crippen LogP contribution >= 0.6 is 0 Å². The minimum Gasteiger partial charge on any atom is -0.427 e. The van der Waals surface area contributed by atoms with Gasteiger partial charge in [0.05, 0.1) is 0 Å². The van der Waals surface area contributed by atoms with Crippen molar-refractivity contribution in [1.29, 1.82) is 0 Å². The molecule has 0 N–H and O–H groups in total. The molecular weight excluding hydrogens is 480 g/mol. The number of nitrogens with zero attached hydrogens (tertiary/aromatic N) is 2. The van der Waals surface area contributed by atoms with Crippen LogP contribution in [0.4, 0.5) is 0 Å². The second-order valence-electron chi connectivity index (χ2n) is 11.3. The summed E-state index contributed by atoms with van der Waals surface area (Å²) in [5.74, 6) is 2.23. The van der Waals surface area contributed by atoms with Crippen LogP contribution in [0.3, 0.4) is 0 Å². The lowest BCUT2D eigenvalue weighted by Gasteiger charge is -2.08. The minimum atomic E-state index is -0.134. The number of carbonyl (C=O) groups excluding carboxylic acids is 1. The van der Waals surface area contributed by atoms with E-state index in [1.54, 1.807) is 0 Å². The molecule has 0 spiro atoms. The van der Waals surface area contributed by atoms with Crippen LogP contribution < -0.4 is 4.74 Å². The summed E-state index contributed by atoms with van der Waals surface area (Å²) >= 11 is 0. The highest BCUT2D eigenvalue weighted by molar-refractivity contribution is 5.73. The maximum atomic E-state index is 12.3. The number of aryl methyl sites for hydroxylation is 1. The summed E-state index contributed by atoms with van der Waals surface area (Å²) in [6.07, 6.45) is 23.5. The molecule has 0 atom stereocenters. The zero-order valence-corrected chi connectivity index (χ0v) is 23.9. The van der Waals surface area contributed by atoms with Crippen molar-refractivity contribution in [2.24, 2.45) is 5.92 Å². The van der Waals surface area contributed by atoms with Gasteiger partial charge < -0.3 is 4.74 Å². The van der Waals surface area contributed by atoms with Gasteiger partial charge in [0.2, 0.25) is 0 Å². The van der Waals surface area contributed by atoms with E-state index in [2.05, 4.69) is 41.2 Å². The Morgan fingerprint density at radius 1 is 0.744 bits per heavy atom. The summed E-state index contributed by atoms with van der Waals surface area (Å²) < 4.78 is 5.57. The van der Waals surface area contributed by atoms with Crippen molar-refractivity contribution in [3.63, 3.8) is 0 Å². The summed E-state index contributed by atoms with van der Waals surface area (Å²) in [6.45, 7) is 2.23. The average Bonchev–Trinajstić information content (AvgIpc) is 3.49. The summed E-state index contributed by atoms with van der Waals surface area (Å²) in [6, 6.07) is 16.1. The van der Waals surface area contributed by atoms with Crippen LogP contribution in [0.5, 0.6) is 5.75 Å². The summed E-state index contributed by atoms with van der Waals surface area (Å²) in [7, 11) is 0. The first-order valence-corrected chi connectivity index (χ1v) is 15.4. The molecule has 0 aliphatic heterocycles. The SMILES string of the molecule is CCCCCCc1cnc(-c2ccc(-c3ccc(OC(=O)CCCCCCCC4CCCC4)cc3)cc2)nc1. The molecule has 0 bridgehead atoms. The second kappa shape index (κ2) is 16.2. The Morgan fingerprint density at radius 2 is 1.33 bits per heavy atom. The van der Waals surface area contributed by atoms with Crippen molar-refractivity contribution < 1.29 is 9.53 Å². The van der Waals surface area contributed by atoms with Gasteiger partial charge in [-0.15, -0.1) is 0 Å². The van der Waals surface area contributed by atoms with Gasteiger partial charge in [-0.1, -0.05) is 120 Å². The molecule has 0 amide bonds. The van der Waals surface area contributed by atoms with Gasteiger partial charge in [0, 0.05) is 24.4 Å². The number of hydrogen-bond donors (Lipinski definition) is 0. The predicted octanol–water partition coefficient (Wildman–Crippen LogP) is 9.76. The van der Waals surface area contributed by atoms with Crippen molar-refractivity contribution in [3.05, 3.63) is 66.5 Å². The fourth-order valence-corrected chi connectivity index (χ4v) is 5.63. The van der Waals surface area contributed by atoms with Crippen LogP contribution in [-0.4, -0.2) is 15.9 Å². The number of aromatic nitrogens is 2. The number of rotatable bonds is 16.